The molecular weight excluding hydrogens is 602 g/mol. The molecule has 1 aliphatic rings. The molecule has 0 aliphatic carbocycles. The third kappa shape index (κ3) is 7.28. The number of non-ortho nitro benzene ring substituents is 1. The summed E-state index contributed by atoms with van der Waals surface area (Å²) in [5.74, 6) is -0.490. The number of ether oxygens (including phenoxy) is 3. The second-order valence-electron chi connectivity index (χ2n) is 9.69. The molecule has 1 aliphatic heterocycles. The fraction of sp³-hybridized carbons (Fsp3) is 0.121. The third-order valence-electron chi connectivity index (χ3n) is 6.61. The molecular formula is C33H26ClN3O8. The molecule has 1 fully saturated rings. The van der Waals surface area contributed by atoms with E-state index in [2.05, 4.69) is 5.32 Å². The van der Waals surface area contributed by atoms with Crippen molar-refractivity contribution in [3.63, 3.8) is 0 Å². The number of carbonyl (C=O) groups is 3. The van der Waals surface area contributed by atoms with Crippen LogP contribution in [0.4, 0.5) is 16.2 Å². The van der Waals surface area contributed by atoms with E-state index >= 15 is 0 Å². The molecule has 0 unspecified atom stereocenters. The lowest BCUT2D eigenvalue weighted by molar-refractivity contribution is -0.384. The summed E-state index contributed by atoms with van der Waals surface area (Å²) in [6.07, 6.45) is 1.25. The van der Waals surface area contributed by atoms with E-state index in [-0.39, 0.29) is 18.0 Å². The smallest absolute Gasteiger partial charge is 0.335 e. The Morgan fingerprint density at radius 2 is 1.56 bits per heavy atom. The zero-order valence-corrected chi connectivity index (χ0v) is 24.7. The van der Waals surface area contributed by atoms with E-state index in [9.17, 15) is 24.5 Å². The minimum Gasteiger partial charge on any atom is -0.490 e. The van der Waals surface area contributed by atoms with Crippen LogP contribution in [0.15, 0.2) is 96.6 Å². The molecule has 12 heteroatoms. The van der Waals surface area contributed by atoms with Crippen molar-refractivity contribution >= 4 is 46.9 Å². The number of anilines is 1. The number of nitro groups is 1. The molecule has 4 aromatic rings. The maximum Gasteiger partial charge on any atom is 0.335 e. The topological polar surface area (TPSA) is 137 Å². The van der Waals surface area contributed by atoms with Gasteiger partial charge in [0, 0.05) is 22.7 Å². The molecule has 4 amide bonds. The highest BCUT2D eigenvalue weighted by Crippen LogP contribution is 2.32. The fourth-order valence-electron chi connectivity index (χ4n) is 4.48. The molecule has 1 saturated heterocycles. The zero-order valence-electron chi connectivity index (χ0n) is 23.9. The maximum atomic E-state index is 13.4. The molecule has 0 saturated carbocycles. The predicted molar refractivity (Wildman–Crippen MR) is 166 cm³/mol. The largest absolute Gasteiger partial charge is 0.490 e. The minimum absolute atomic E-state index is 0.0750. The zero-order chi connectivity index (χ0) is 31.9. The first-order valence-corrected chi connectivity index (χ1v) is 14.1. The van der Waals surface area contributed by atoms with Gasteiger partial charge in [0.05, 0.1) is 17.2 Å². The van der Waals surface area contributed by atoms with Gasteiger partial charge in [-0.1, -0.05) is 54.1 Å². The Morgan fingerprint density at radius 3 is 2.31 bits per heavy atom. The fourth-order valence-corrected chi connectivity index (χ4v) is 4.66. The van der Waals surface area contributed by atoms with Crippen molar-refractivity contribution in [3.05, 3.63) is 128 Å². The van der Waals surface area contributed by atoms with Crippen molar-refractivity contribution in [1.82, 2.24) is 5.32 Å². The number of urea groups is 1. The van der Waals surface area contributed by atoms with Crippen LogP contribution in [0.2, 0.25) is 5.02 Å². The molecule has 228 valence electrons. The van der Waals surface area contributed by atoms with Crippen molar-refractivity contribution in [2.24, 2.45) is 0 Å². The third-order valence-corrected chi connectivity index (χ3v) is 6.85. The SMILES string of the molecule is CCOc1cc(COc2ccc(Cl)cc2/C=C2/C(=O)NC(=O)N(c3cccc([N+](=O)[O-])c3)C2=O)ccc1OCc1ccccc1. The Labute approximate surface area is 262 Å². The van der Waals surface area contributed by atoms with Crippen LogP contribution >= 0.6 is 11.6 Å². The Morgan fingerprint density at radius 1 is 0.822 bits per heavy atom. The van der Waals surface area contributed by atoms with Gasteiger partial charge in [0.15, 0.2) is 11.5 Å². The van der Waals surface area contributed by atoms with E-state index in [0.717, 1.165) is 17.2 Å². The first-order valence-electron chi connectivity index (χ1n) is 13.7. The normalized spacial score (nSPS) is 13.9. The van der Waals surface area contributed by atoms with E-state index in [1.54, 1.807) is 24.3 Å². The lowest BCUT2D eigenvalue weighted by Gasteiger charge is -2.26. The van der Waals surface area contributed by atoms with Crippen LogP contribution in [0.25, 0.3) is 6.08 Å². The molecule has 1 N–H and O–H groups in total. The molecule has 0 aromatic heterocycles. The quantitative estimate of drug-likeness (QED) is 0.0864. The highest BCUT2D eigenvalue weighted by atomic mass is 35.5. The summed E-state index contributed by atoms with van der Waals surface area (Å²) >= 11 is 6.24. The number of rotatable bonds is 11. The van der Waals surface area contributed by atoms with Gasteiger partial charge in [-0.2, -0.15) is 0 Å². The number of barbiturate groups is 1. The number of nitro benzene ring substituents is 1. The maximum absolute atomic E-state index is 13.4. The summed E-state index contributed by atoms with van der Waals surface area (Å²) in [7, 11) is 0. The van der Waals surface area contributed by atoms with E-state index in [0.29, 0.717) is 45.9 Å². The summed E-state index contributed by atoms with van der Waals surface area (Å²) in [6.45, 7) is 2.76. The van der Waals surface area contributed by atoms with Crippen LogP contribution in [-0.4, -0.2) is 29.4 Å². The van der Waals surface area contributed by atoms with Crippen LogP contribution in [0, 0.1) is 10.1 Å². The molecule has 0 spiro atoms. The van der Waals surface area contributed by atoms with Crippen molar-refractivity contribution < 1.29 is 33.5 Å². The summed E-state index contributed by atoms with van der Waals surface area (Å²) < 4.78 is 17.8. The molecule has 45 heavy (non-hydrogen) atoms. The van der Waals surface area contributed by atoms with Crippen LogP contribution in [0.3, 0.4) is 0 Å². The van der Waals surface area contributed by atoms with Gasteiger partial charge in [-0.25, -0.2) is 9.69 Å². The summed E-state index contributed by atoms with van der Waals surface area (Å²) in [5.41, 5.74) is 1.26. The number of hydrogen-bond acceptors (Lipinski definition) is 8. The van der Waals surface area contributed by atoms with Crippen LogP contribution in [-0.2, 0) is 22.8 Å². The van der Waals surface area contributed by atoms with Gasteiger partial charge in [0.25, 0.3) is 17.5 Å². The van der Waals surface area contributed by atoms with Crippen LogP contribution < -0.4 is 24.4 Å². The van der Waals surface area contributed by atoms with E-state index in [4.69, 9.17) is 25.8 Å². The molecule has 5 rings (SSSR count). The second kappa shape index (κ2) is 13.7. The summed E-state index contributed by atoms with van der Waals surface area (Å²) in [4.78, 5) is 50.0. The highest BCUT2D eigenvalue weighted by molar-refractivity contribution is 6.39. The van der Waals surface area contributed by atoms with Crippen molar-refractivity contribution in [3.8, 4) is 17.2 Å². The number of carbonyl (C=O) groups excluding carboxylic acids is 3. The number of hydrogen-bond donors (Lipinski definition) is 1. The van der Waals surface area contributed by atoms with Crippen molar-refractivity contribution in [2.75, 3.05) is 11.5 Å². The summed E-state index contributed by atoms with van der Waals surface area (Å²) in [5, 5.41) is 13.6. The highest BCUT2D eigenvalue weighted by Gasteiger charge is 2.37. The molecule has 0 bridgehead atoms. The Balaban J connectivity index is 1.38. The van der Waals surface area contributed by atoms with E-state index in [1.165, 1.54) is 30.3 Å². The Kier molecular flexibility index (Phi) is 9.40. The van der Waals surface area contributed by atoms with Gasteiger partial charge in [0.1, 0.15) is 24.5 Å². The first kappa shape index (κ1) is 30.8. The number of nitrogens with one attached hydrogen (secondary N) is 1. The molecule has 0 atom stereocenters. The van der Waals surface area contributed by atoms with Gasteiger partial charge in [-0.15, -0.1) is 0 Å². The number of imide groups is 2. The number of benzene rings is 4. The lowest BCUT2D eigenvalue weighted by Crippen LogP contribution is -2.54. The van der Waals surface area contributed by atoms with Crippen LogP contribution in [0.5, 0.6) is 17.2 Å². The molecule has 0 radical (unpaired) electrons. The molecule has 11 nitrogen and oxygen atoms in total. The monoisotopic (exact) mass is 627 g/mol. The van der Waals surface area contributed by atoms with Gasteiger partial charge in [-0.05, 0) is 60.5 Å². The second-order valence-corrected chi connectivity index (χ2v) is 10.1. The average molecular weight is 628 g/mol. The average Bonchev–Trinajstić information content (AvgIpc) is 3.03. The number of nitrogens with zero attached hydrogens (tertiary/aromatic N) is 2. The number of amides is 4. The van der Waals surface area contributed by atoms with Crippen LogP contribution in [0.1, 0.15) is 23.6 Å². The summed E-state index contributed by atoms with van der Waals surface area (Å²) in [6, 6.07) is 23.8. The van der Waals surface area contributed by atoms with Gasteiger partial charge in [0.2, 0.25) is 0 Å². The van der Waals surface area contributed by atoms with Crippen molar-refractivity contribution in [2.45, 2.75) is 20.1 Å². The molecule has 1 heterocycles. The van der Waals surface area contributed by atoms with Gasteiger partial charge < -0.3 is 14.2 Å². The van der Waals surface area contributed by atoms with E-state index < -0.39 is 28.3 Å². The standard InChI is InChI=1S/C33H26ClN3O8/c1-2-43-30-15-22(11-13-29(30)45-19-21-7-4-3-5-8-21)20-44-28-14-12-24(34)16-23(28)17-27-31(38)35-33(40)36(32(27)39)25-9-6-10-26(18-25)37(41)42/h3-18H,2,19-20H2,1H3,(H,35,38,40)/b27-17-. The van der Waals surface area contributed by atoms with Gasteiger partial charge in [-0.3, -0.25) is 25.0 Å². The Hall–Kier alpha value is -5.68. The first-order chi connectivity index (χ1) is 21.7. The van der Waals surface area contributed by atoms with Crippen molar-refractivity contribution in [1.29, 1.82) is 0 Å². The number of halogens is 1. The minimum atomic E-state index is -1.04. The molecule has 4 aromatic carbocycles. The van der Waals surface area contributed by atoms with Gasteiger partial charge >= 0.3 is 6.03 Å². The van der Waals surface area contributed by atoms with E-state index in [1.807, 2.05) is 43.3 Å². The Bertz CT molecular complexity index is 1810. The predicted octanol–water partition coefficient (Wildman–Crippen LogP) is 6.47. The lowest BCUT2D eigenvalue weighted by atomic mass is 10.1.